The van der Waals surface area contributed by atoms with Crippen LogP contribution in [0.1, 0.15) is 62.8 Å². The maximum Gasteiger partial charge on any atom is 0.272 e. The van der Waals surface area contributed by atoms with Gasteiger partial charge in [0.1, 0.15) is 0 Å². The average molecular weight is 399 g/mol. The highest BCUT2D eigenvalue weighted by Gasteiger charge is 2.26. The fraction of sp³-hybridized carbons (Fsp3) is 0.619. The molecule has 1 atom stereocenters. The van der Waals surface area contributed by atoms with Crippen LogP contribution in [-0.4, -0.2) is 62.4 Å². The van der Waals surface area contributed by atoms with Crippen molar-refractivity contribution in [2.24, 2.45) is 0 Å². The predicted octanol–water partition coefficient (Wildman–Crippen LogP) is 1.69. The van der Waals surface area contributed by atoms with Gasteiger partial charge in [-0.25, -0.2) is 9.50 Å². The number of hydrogen-bond donors (Lipinski definition) is 1. The minimum atomic E-state index is -0.0988. The highest BCUT2D eigenvalue weighted by Crippen LogP contribution is 2.27. The number of aryl methyl sites for hydroxylation is 1. The molecule has 2 aliphatic rings. The summed E-state index contributed by atoms with van der Waals surface area (Å²) in [5.41, 5.74) is 2.29. The quantitative estimate of drug-likeness (QED) is 0.800. The summed E-state index contributed by atoms with van der Waals surface area (Å²) < 4.78 is 1.49. The van der Waals surface area contributed by atoms with Gasteiger partial charge in [-0.1, -0.05) is 6.92 Å². The molecular formula is C21H29N5O3. The van der Waals surface area contributed by atoms with E-state index < -0.39 is 0 Å². The number of aromatic nitrogens is 3. The molecule has 0 saturated carbocycles. The number of nitrogens with one attached hydrogen (secondary N) is 1. The van der Waals surface area contributed by atoms with E-state index in [0.29, 0.717) is 31.6 Å². The van der Waals surface area contributed by atoms with E-state index in [9.17, 15) is 14.4 Å². The molecule has 2 aromatic heterocycles. The fourth-order valence-corrected chi connectivity index (χ4v) is 4.43. The van der Waals surface area contributed by atoms with Crippen molar-refractivity contribution < 1.29 is 9.59 Å². The summed E-state index contributed by atoms with van der Waals surface area (Å²) in [6.07, 6.45) is 5.42. The second-order valence-corrected chi connectivity index (χ2v) is 8.11. The number of nitrogens with zero attached hydrogens (tertiary/aromatic N) is 4. The number of likely N-dealkylation sites (tertiary alicyclic amines) is 2. The van der Waals surface area contributed by atoms with Gasteiger partial charge in [0.2, 0.25) is 11.8 Å². The van der Waals surface area contributed by atoms with Gasteiger partial charge in [-0.05, 0) is 32.1 Å². The molecule has 0 spiro atoms. The van der Waals surface area contributed by atoms with E-state index in [1.807, 2.05) is 22.8 Å². The topological polar surface area (TPSA) is 90.8 Å². The lowest BCUT2D eigenvalue weighted by atomic mass is 9.94. The number of hydrogen-bond acceptors (Lipinski definition) is 4. The van der Waals surface area contributed by atoms with Gasteiger partial charge in [0, 0.05) is 68.5 Å². The second-order valence-electron chi connectivity index (χ2n) is 8.11. The van der Waals surface area contributed by atoms with Crippen LogP contribution in [0.2, 0.25) is 0 Å². The molecule has 0 bridgehead atoms. The van der Waals surface area contributed by atoms with E-state index in [1.54, 1.807) is 6.07 Å². The van der Waals surface area contributed by atoms with Gasteiger partial charge in [-0.15, -0.1) is 0 Å². The molecule has 0 unspecified atom stereocenters. The first-order chi connectivity index (χ1) is 14.0. The summed E-state index contributed by atoms with van der Waals surface area (Å²) in [6, 6.07) is 3.51. The molecule has 2 saturated heterocycles. The molecule has 2 aliphatic heterocycles. The monoisotopic (exact) mass is 399 g/mol. The van der Waals surface area contributed by atoms with Crippen LogP contribution < -0.4 is 5.56 Å². The summed E-state index contributed by atoms with van der Waals surface area (Å²) in [7, 11) is 0. The molecule has 156 valence electrons. The van der Waals surface area contributed by atoms with Crippen molar-refractivity contribution in [2.45, 2.75) is 57.8 Å². The van der Waals surface area contributed by atoms with Crippen molar-refractivity contribution in [1.29, 1.82) is 0 Å². The van der Waals surface area contributed by atoms with Crippen LogP contribution in [0.15, 0.2) is 16.9 Å². The molecule has 2 aromatic rings. The van der Waals surface area contributed by atoms with Gasteiger partial charge >= 0.3 is 0 Å². The first kappa shape index (κ1) is 19.7. The van der Waals surface area contributed by atoms with Crippen molar-refractivity contribution >= 4 is 17.5 Å². The molecule has 29 heavy (non-hydrogen) atoms. The molecule has 2 amide bonds. The first-order valence-electron chi connectivity index (χ1n) is 10.7. The first-order valence-corrected chi connectivity index (χ1v) is 10.7. The minimum absolute atomic E-state index is 0.0988. The second kappa shape index (κ2) is 8.39. The number of carbonyl (C=O) groups is 2. The zero-order chi connectivity index (χ0) is 20.4. The molecule has 0 aromatic carbocycles. The summed E-state index contributed by atoms with van der Waals surface area (Å²) in [5, 5.41) is 3.19. The number of amides is 2. The normalized spacial score (nSPS) is 20.0. The molecule has 1 N–H and O–H groups in total. The average Bonchev–Trinajstić information content (AvgIpc) is 3.34. The van der Waals surface area contributed by atoms with Crippen LogP contribution >= 0.6 is 0 Å². The van der Waals surface area contributed by atoms with Gasteiger partial charge in [0.05, 0.1) is 0 Å². The predicted molar refractivity (Wildman–Crippen MR) is 109 cm³/mol. The van der Waals surface area contributed by atoms with Crippen molar-refractivity contribution in [2.75, 3.05) is 26.2 Å². The van der Waals surface area contributed by atoms with E-state index in [1.165, 1.54) is 4.52 Å². The van der Waals surface area contributed by atoms with Gasteiger partial charge in [0.15, 0.2) is 5.65 Å². The third kappa shape index (κ3) is 4.21. The summed E-state index contributed by atoms with van der Waals surface area (Å²) in [4.78, 5) is 45.0. The molecule has 0 radical (unpaired) electrons. The number of fused-ring (bicyclic) bond motifs is 1. The zero-order valence-corrected chi connectivity index (χ0v) is 17.0. The smallest absolute Gasteiger partial charge is 0.272 e. The van der Waals surface area contributed by atoms with Crippen LogP contribution in [-0.2, 0) is 16.0 Å². The van der Waals surface area contributed by atoms with Crippen molar-refractivity contribution in [3.05, 3.63) is 33.9 Å². The summed E-state index contributed by atoms with van der Waals surface area (Å²) in [6.45, 7) is 4.92. The summed E-state index contributed by atoms with van der Waals surface area (Å²) in [5.74, 6) is 0.546. The molecular weight excluding hydrogens is 370 g/mol. The van der Waals surface area contributed by atoms with E-state index in [-0.39, 0.29) is 23.3 Å². The van der Waals surface area contributed by atoms with Gasteiger partial charge < -0.3 is 9.80 Å². The number of rotatable bonds is 6. The number of H-pyrrole nitrogens is 1. The number of aromatic amines is 1. The lowest BCUT2D eigenvalue weighted by Crippen LogP contribution is -2.39. The van der Waals surface area contributed by atoms with E-state index in [4.69, 9.17) is 0 Å². The Balaban J connectivity index is 1.38. The highest BCUT2D eigenvalue weighted by molar-refractivity contribution is 5.78. The lowest BCUT2D eigenvalue weighted by Gasteiger charge is -2.32. The van der Waals surface area contributed by atoms with Crippen molar-refractivity contribution in [3.63, 3.8) is 0 Å². The van der Waals surface area contributed by atoms with Crippen molar-refractivity contribution in [3.8, 4) is 0 Å². The molecule has 4 rings (SSSR count). The Kier molecular flexibility index (Phi) is 5.69. The maximum atomic E-state index is 12.7. The molecule has 8 heteroatoms. The Hall–Kier alpha value is -2.64. The van der Waals surface area contributed by atoms with Gasteiger partial charge in [-0.2, -0.15) is 0 Å². The number of piperidine rings is 1. The van der Waals surface area contributed by atoms with Crippen LogP contribution in [0.3, 0.4) is 0 Å². The zero-order valence-electron chi connectivity index (χ0n) is 17.0. The Bertz CT molecular complexity index is 963. The van der Waals surface area contributed by atoms with Crippen LogP contribution in [0.5, 0.6) is 0 Å². The highest BCUT2D eigenvalue weighted by atomic mass is 16.2. The number of carbonyl (C=O) groups excluding carboxylic acids is 2. The standard InChI is InChI=1S/C21H29N5O3/c1-2-16-12-21(29)26-18(22-16)13-17(23-26)15-6-3-11-25(14-15)20(28)8-5-10-24-9-4-7-19(24)27/h12-13,15,23H,2-11,14H2,1H3/t15-/m1/s1. The third-order valence-corrected chi connectivity index (χ3v) is 6.09. The molecule has 2 fully saturated rings. The Labute approximate surface area is 169 Å². The third-order valence-electron chi connectivity index (χ3n) is 6.09. The van der Waals surface area contributed by atoms with E-state index >= 15 is 0 Å². The Morgan fingerprint density at radius 2 is 2.10 bits per heavy atom. The Morgan fingerprint density at radius 3 is 2.86 bits per heavy atom. The lowest BCUT2D eigenvalue weighted by molar-refractivity contribution is -0.133. The maximum absolute atomic E-state index is 12.7. The fourth-order valence-electron chi connectivity index (χ4n) is 4.43. The molecule has 0 aliphatic carbocycles. The largest absolute Gasteiger partial charge is 0.343 e. The van der Waals surface area contributed by atoms with Crippen LogP contribution in [0, 0.1) is 0 Å². The van der Waals surface area contributed by atoms with Crippen molar-refractivity contribution in [1.82, 2.24) is 24.4 Å². The van der Waals surface area contributed by atoms with E-state index in [2.05, 4.69) is 10.1 Å². The SMILES string of the molecule is CCc1cc(=O)n2[nH]c([C@@H]3CCCN(C(=O)CCCN4CCCC4=O)C3)cc2n1. The minimum Gasteiger partial charge on any atom is -0.343 e. The van der Waals surface area contributed by atoms with E-state index in [0.717, 1.165) is 56.6 Å². The van der Waals surface area contributed by atoms with Crippen LogP contribution in [0.4, 0.5) is 0 Å². The summed E-state index contributed by atoms with van der Waals surface area (Å²) >= 11 is 0. The Morgan fingerprint density at radius 1 is 1.24 bits per heavy atom. The molecule has 8 nitrogen and oxygen atoms in total. The van der Waals surface area contributed by atoms with Crippen LogP contribution in [0.25, 0.3) is 5.65 Å². The molecule has 4 heterocycles. The van der Waals surface area contributed by atoms with Gasteiger partial charge in [0.25, 0.3) is 5.56 Å². The van der Waals surface area contributed by atoms with Gasteiger partial charge in [-0.3, -0.25) is 19.5 Å².